The summed E-state index contributed by atoms with van der Waals surface area (Å²) in [6.07, 6.45) is 2.98. The van der Waals surface area contributed by atoms with E-state index in [-0.39, 0.29) is 6.04 Å². The van der Waals surface area contributed by atoms with Gasteiger partial charge in [-0.05, 0) is 37.1 Å². The van der Waals surface area contributed by atoms with E-state index < -0.39 is 0 Å². The van der Waals surface area contributed by atoms with Crippen molar-refractivity contribution in [3.63, 3.8) is 0 Å². The molecule has 0 bridgehead atoms. The second kappa shape index (κ2) is 5.83. The van der Waals surface area contributed by atoms with Crippen molar-refractivity contribution in [3.05, 3.63) is 53.3 Å². The van der Waals surface area contributed by atoms with E-state index in [0.717, 1.165) is 18.7 Å². The van der Waals surface area contributed by atoms with Gasteiger partial charge >= 0.3 is 0 Å². The molecule has 2 rings (SSSR count). The van der Waals surface area contributed by atoms with Crippen LogP contribution < -0.4 is 5.32 Å². The molecule has 0 aliphatic carbocycles. The van der Waals surface area contributed by atoms with Gasteiger partial charge in [-0.15, -0.1) is 0 Å². The minimum Gasteiger partial charge on any atom is -0.309 e. The highest BCUT2D eigenvalue weighted by Crippen LogP contribution is 2.18. The Hall–Kier alpha value is -1.61. The maximum Gasteiger partial charge on any atom is 0.0797 e. The molecule has 0 amide bonds. The SMILES string of the molecule is CCNC(Cc1ccccc1C)c1ccn(C)n1. The standard InChI is InChI=1S/C15H21N3/c1-4-16-15(14-9-10-18(3)17-14)11-13-8-6-5-7-12(13)2/h5-10,15-16H,4,11H2,1-3H3. The molecule has 0 fully saturated rings. The van der Waals surface area contributed by atoms with Crippen molar-refractivity contribution in [1.82, 2.24) is 15.1 Å². The number of aryl methyl sites for hydroxylation is 2. The number of benzene rings is 1. The van der Waals surface area contributed by atoms with E-state index in [1.54, 1.807) is 0 Å². The lowest BCUT2D eigenvalue weighted by Crippen LogP contribution is -2.23. The summed E-state index contributed by atoms with van der Waals surface area (Å²) in [6, 6.07) is 10.9. The lowest BCUT2D eigenvalue weighted by molar-refractivity contribution is 0.527. The monoisotopic (exact) mass is 243 g/mol. The summed E-state index contributed by atoms with van der Waals surface area (Å²) >= 11 is 0. The molecular weight excluding hydrogens is 222 g/mol. The lowest BCUT2D eigenvalue weighted by atomic mass is 9.99. The predicted molar refractivity (Wildman–Crippen MR) is 74.5 cm³/mol. The molecule has 18 heavy (non-hydrogen) atoms. The van der Waals surface area contributed by atoms with Crippen LogP contribution in [0.4, 0.5) is 0 Å². The van der Waals surface area contributed by atoms with Gasteiger partial charge in [-0.1, -0.05) is 31.2 Å². The maximum absolute atomic E-state index is 4.51. The van der Waals surface area contributed by atoms with Gasteiger partial charge in [-0.2, -0.15) is 5.10 Å². The van der Waals surface area contributed by atoms with Crippen molar-refractivity contribution in [2.24, 2.45) is 7.05 Å². The van der Waals surface area contributed by atoms with Gasteiger partial charge in [0.05, 0.1) is 11.7 Å². The second-order valence-corrected chi connectivity index (χ2v) is 4.66. The molecule has 0 aliphatic heterocycles. The van der Waals surface area contributed by atoms with Crippen LogP contribution in [-0.2, 0) is 13.5 Å². The van der Waals surface area contributed by atoms with Gasteiger partial charge in [-0.3, -0.25) is 4.68 Å². The maximum atomic E-state index is 4.51. The van der Waals surface area contributed by atoms with Gasteiger partial charge in [-0.25, -0.2) is 0 Å². The van der Waals surface area contributed by atoms with Gasteiger partial charge in [0.2, 0.25) is 0 Å². The number of nitrogens with one attached hydrogen (secondary N) is 1. The first-order valence-corrected chi connectivity index (χ1v) is 6.48. The molecule has 1 aromatic heterocycles. The fourth-order valence-corrected chi connectivity index (χ4v) is 2.21. The summed E-state index contributed by atoms with van der Waals surface area (Å²) in [4.78, 5) is 0. The third-order valence-electron chi connectivity index (χ3n) is 3.23. The number of hydrogen-bond donors (Lipinski definition) is 1. The smallest absolute Gasteiger partial charge is 0.0797 e. The van der Waals surface area contributed by atoms with E-state index in [1.807, 2.05) is 17.9 Å². The Balaban J connectivity index is 2.19. The lowest BCUT2D eigenvalue weighted by Gasteiger charge is -2.17. The molecule has 1 heterocycles. The third kappa shape index (κ3) is 2.99. The molecule has 0 aliphatic rings. The Kier molecular flexibility index (Phi) is 4.15. The molecule has 0 radical (unpaired) electrons. The fourth-order valence-electron chi connectivity index (χ4n) is 2.21. The van der Waals surface area contributed by atoms with Crippen LogP contribution in [0.5, 0.6) is 0 Å². The molecule has 1 unspecified atom stereocenters. The van der Waals surface area contributed by atoms with Crippen molar-refractivity contribution in [3.8, 4) is 0 Å². The van der Waals surface area contributed by atoms with Gasteiger partial charge < -0.3 is 5.32 Å². The highest BCUT2D eigenvalue weighted by atomic mass is 15.3. The van der Waals surface area contributed by atoms with E-state index in [2.05, 4.69) is 54.6 Å². The molecule has 96 valence electrons. The number of nitrogens with zero attached hydrogens (tertiary/aromatic N) is 2. The summed E-state index contributed by atoms with van der Waals surface area (Å²) in [6.45, 7) is 5.25. The summed E-state index contributed by atoms with van der Waals surface area (Å²) in [5.41, 5.74) is 3.84. The quantitative estimate of drug-likeness (QED) is 0.875. The Labute approximate surface area is 109 Å². The minimum atomic E-state index is 0.289. The highest BCUT2D eigenvalue weighted by molar-refractivity contribution is 5.27. The van der Waals surface area contributed by atoms with E-state index in [0.29, 0.717) is 0 Å². The van der Waals surface area contributed by atoms with Crippen molar-refractivity contribution in [2.45, 2.75) is 26.3 Å². The van der Waals surface area contributed by atoms with Gasteiger partial charge in [0, 0.05) is 13.2 Å². The molecule has 1 atom stereocenters. The normalized spacial score (nSPS) is 12.6. The Morgan fingerprint density at radius 1 is 1.28 bits per heavy atom. The summed E-state index contributed by atoms with van der Waals surface area (Å²) < 4.78 is 1.86. The van der Waals surface area contributed by atoms with Crippen molar-refractivity contribution in [1.29, 1.82) is 0 Å². The molecule has 0 saturated heterocycles. The van der Waals surface area contributed by atoms with Crippen LogP contribution in [0.25, 0.3) is 0 Å². The largest absolute Gasteiger partial charge is 0.309 e. The predicted octanol–water partition coefficient (Wildman–Crippen LogP) is 2.62. The van der Waals surface area contributed by atoms with Crippen LogP contribution in [0.2, 0.25) is 0 Å². The first-order chi connectivity index (χ1) is 8.70. The molecule has 1 N–H and O–H groups in total. The minimum absolute atomic E-state index is 0.289. The van der Waals surface area contributed by atoms with Gasteiger partial charge in [0.25, 0.3) is 0 Å². The molecule has 1 aromatic carbocycles. The van der Waals surface area contributed by atoms with Crippen molar-refractivity contribution in [2.75, 3.05) is 6.54 Å². The zero-order chi connectivity index (χ0) is 13.0. The molecular formula is C15H21N3. The summed E-state index contributed by atoms with van der Waals surface area (Å²) in [7, 11) is 1.96. The summed E-state index contributed by atoms with van der Waals surface area (Å²) in [5.74, 6) is 0. The van der Waals surface area contributed by atoms with Gasteiger partial charge in [0.15, 0.2) is 0 Å². The molecule has 3 heteroatoms. The fraction of sp³-hybridized carbons (Fsp3) is 0.400. The second-order valence-electron chi connectivity index (χ2n) is 4.66. The zero-order valence-corrected chi connectivity index (χ0v) is 11.4. The number of rotatable bonds is 5. The first kappa shape index (κ1) is 12.8. The third-order valence-corrected chi connectivity index (χ3v) is 3.23. The number of hydrogen-bond acceptors (Lipinski definition) is 2. The van der Waals surface area contributed by atoms with Crippen LogP contribution in [0, 0.1) is 6.92 Å². The van der Waals surface area contributed by atoms with Crippen LogP contribution >= 0.6 is 0 Å². The number of likely N-dealkylation sites (N-methyl/N-ethyl adjacent to an activating group) is 1. The van der Waals surface area contributed by atoms with Crippen molar-refractivity contribution < 1.29 is 0 Å². The molecule has 2 aromatic rings. The summed E-state index contributed by atoms with van der Waals surface area (Å²) in [5, 5.41) is 8.02. The molecule has 3 nitrogen and oxygen atoms in total. The van der Waals surface area contributed by atoms with E-state index in [1.165, 1.54) is 11.1 Å². The first-order valence-electron chi connectivity index (χ1n) is 6.48. The average molecular weight is 243 g/mol. The number of aromatic nitrogens is 2. The van der Waals surface area contributed by atoms with E-state index in [9.17, 15) is 0 Å². The van der Waals surface area contributed by atoms with Crippen molar-refractivity contribution >= 4 is 0 Å². The van der Waals surface area contributed by atoms with Crippen LogP contribution in [-0.4, -0.2) is 16.3 Å². The van der Waals surface area contributed by atoms with Crippen LogP contribution in [0.15, 0.2) is 36.5 Å². The van der Waals surface area contributed by atoms with Crippen LogP contribution in [0.3, 0.4) is 0 Å². The molecule has 0 saturated carbocycles. The Morgan fingerprint density at radius 3 is 2.67 bits per heavy atom. The van der Waals surface area contributed by atoms with Crippen LogP contribution in [0.1, 0.15) is 29.8 Å². The zero-order valence-electron chi connectivity index (χ0n) is 11.4. The Morgan fingerprint density at radius 2 is 2.06 bits per heavy atom. The van der Waals surface area contributed by atoms with Gasteiger partial charge in [0.1, 0.15) is 0 Å². The van der Waals surface area contributed by atoms with E-state index >= 15 is 0 Å². The Bertz CT molecular complexity index is 502. The molecule has 0 spiro atoms. The topological polar surface area (TPSA) is 29.9 Å². The average Bonchev–Trinajstić information content (AvgIpc) is 2.78. The van der Waals surface area contributed by atoms with E-state index in [4.69, 9.17) is 0 Å². The highest BCUT2D eigenvalue weighted by Gasteiger charge is 2.14.